The molecular formula is C18H30N4O3. The van der Waals surface area contributed by atoms with Crippen LogP contribution in [0.25, 0.3) is 0 Å². The van der Waals surface area contributed by atoms with E-state index in [-0.39, 0.29) is 24.1 Å². The molecule has 25 heavy (non-hydrogen) atoms. The van der Waals surface area contributed by atoms with E-state index in [1.807, 2.05) is 50.9 Å². The molecule has 0 atom stereocenters. The van der Waals surface area contributed by atoms with Crippen LogP contribution in [0.2, 0.25) is 0 Å². The lowest BCUT2D eigenvalue weighted by molar-refractivity contribution is -0.127. The Morgan fingerprint density at radius 3 is 2.40 bits per heavy atom. The number of carbonyl (C=O) groups is 2. The number of rotatable bonds is 2. The molecule has 0 radical (unpaired) electrons. The van der Waals surface area contributed by atoms with Gasteiger partial charge in [-0.05, 0) is 46.5 Å². The summed E-state index contributed by atoms with van der Waals surface area (Å²) < 4.78 is 5.46. The van der Waals surface area contributed by atoms with Gasteiger partial charge in [-0.25, -0.2) is 4.79 Å². The molecule has 140 valence electrons. The Hall–Kier alpha value is -1.92. The lowest BCUT2D eigenvalue weighted by Gasteiger charge is -2.38. The van der Waals surface area contributed by atoms with Gasteiger partial charge in [0.25, 0.3) is 5.91 Å². The van der Waals surface area contributed by atoms with E-state index in [1.165, 1.54) is 0 Å². The Kier molecular flexibility index (Phi) is 4.60. The fourth-order valence-electron chi connectivity index (χ4n) is 3.90. The van der Waals surface area contributed by atoms with Gasteiger partial charge < -0.3 is 24.3 Å². The van der Waals surface area contributed by atoms with Crippen LogP contribution in [0.5, 0.6) is 0 Å². The van der Waals surface area contributed by atoms with Crippen molar-refractivity contribution in [2.75, 3.05) is 27.4 Å². The number of ether oxygens (including phenoxy) is 1. The summed E-state index contributed by atoms with van der Waals surface area (Å²) in [5.41, 5.74) is 0.341. The summed E-state index contributed by atoms with van der Waals surface area (Å²) in [5, 5.41) is 0. The molecule has 0 aromatic rings. The summed E-state index contributed by atoms with van der Waals surface area (Å²) >= 11 is 0. The topological polar surface area (TPSA) is 56.3 Å². The van der Waals surface area contributed by atoms with Crippen LogP contribution in [0.15, 0.2) is 11.9 Å². The molecule has 2 heterocycles. The van der Waals surface area contributed by atoms with Crippen molar-refractivity contribution in [3.8, 4) is 0 Å². The molecule has 7 nitrogen and oxygen atoms in total. The Labute approximate surface area is 150 Å². The number of nitrogens with zero attached hydrogens (tertiary/aromatic N) is 4. The summed E-state index contributed by atoms with van der Waals surface area (Å²) in [6.45, 7) is 7.12. The molecule has 0 aromatic carbocycles. The largest absolute Gasteiger partial charge is 0.444 e. The Bertz CT molecular complexity index is 575. The van der Waals surface area contributed by atoms with E-state index in [2.05, 4.69) is 4.90 Å². The molecule has 1 aliphatic carbocycles. The van der Waals surface area contributed by atoms with Gasteiger partial charge in [-0.3, -0.25) is 4.79 Å². The lowest BCUT2D eigenvalue weighted by atomic mass is 9.89. The first-order valence-corrected chi connectivity index (χ1v) is 9.09. The van der Waals surface area contributed by atoms with Gasteiger partial charge >= 0.3 is 6.09 Å². The average molecular weight is 350 g/mol. The van der Waals surface area contributed by atoms with Gasteiger partial charge in [-0.2, -0.15) is 0 Å². The highest BCUT2D eigenvalue weighted by Crippen LogP contribution is 2.32. The first-order valence-electron chi connectivity index (χ1n) is 9.09. The van der Waals surface area contributed by atoms with E-state index < -0.39 is 5.60 Å². The second-order valence-corrected chi connectivity index (χ2v) is 8.42. The molecule has 3 rings (SSSR count). The smallest absolute Gasteiger partial charge is 0.410 e. The predicted octanol–water partition coefficient (Wildman–Crippen LogP) is 2.01. The van der Waals surface area contributed by atoms with Gasteiger partial charge in [0, 0.05) is 32.4 Å². The Morgan fingerprint density at radius 1 is 1.20 bits per heavy atom. The zero-order valence-corrected chi connectivity index (χ0v) is 16.0. The van der Waals surface area contributed by atoms with E-state index >= 15 is 0 Å². The fraction of sp³-hybridized carbons (Fsp3) is 0.778. The number of hydrogen-bond acceptors (Lipinski definition) is 5. The maximum Gasteiger partial charge on any atom is 0.410 e. The summed E-state index contributed by atoms with van der Waals surface area (Å²) in [6.07, 6.45) is 5.35. The maximum absolute atomic E-state index is 12.6. The van der Waals surface area contributed by atoms with E-state index in [0.29, 0.717) is 6.67 Å². The molecule has 1 saturated heterocycles. The lowest BCUT2D eigenvalue weighted by Crippen LogP contribution is -2.47. The Balaban J connectivity index is 1.53. The van der Waals surface area contributed by atoms with Crippen molar-refractivity contribution >= 4 is 12.0 Å². The fourth-order valence-corrected chi connectivity index (χ4v) is 3.90. The summed E-state index contributed by atoms with van der Waals surface area (Å²) in [7, 11) is 3.80. The van der Waals surface area contributed by atoms with Crippen molar-refractivity contribution < 1.29 is 14.3 Å². The quantitative estimate of drug-likeness (QED) is 0.762. The molecule has 2 aliphatic heterocycles. The molecule has 1 saturated carbocycles. The SMILES string of the molecule is CN1C=C2C(=O)N(C3CCC(N(C)C(=O)OC(C)(C)C)CC3)CN2C1. The molecule has 0 aromatic heterocycles. The monoisotopic (exact) mass is 350 g/mol. The van der Waals surface area contributed by atoms with Crippen molar-refractivity contribution in [2.24, 2.45) is 0 Å². The van der Waals surface area contributed by atoms with E-state index in [4.69, 9.17) is 4.74 Å². The first kappa shape index (κ1) is 17.9. The van der Waals surface area contributed by atoms with Crippen LogP contribution in [-0.2, 0) is 9.53 Å². The van der Waals surface area contributed by atoms with Gasteiger partial charge in [0.15, 0.2) is 0 Å². The second kappa shape index (κ2) is 6.42. The molecule has 0 bridgehead atoms. The van der Waals surface area contributed by atoms with E-state index in [0.717, 1.165) is 38.0 Å². The van der Waals surface area contributed by atoms with Crippen molar-refractivity contribution in [3.05, 3.63) is 11.9 Å². The van der Waals surface area contributed by atoms with Crippen LogP contribution in [0.1, 0.15) is 46.5 Å². The van der Waals surface area contributed by atoms with Gasteiger partial charge in [0.05, 0.1) is 13.3 Å². The Morgan fingerprint density at radius 2 is 1.84 bits per heavy atom. The number of fused-ring (bicyclic) bond motifs is 1. The van der Waals surface area contributed by atoms with E-state index in [9.17, 15) is 9.59 Å². The highest BCUT2D eigenvalue weighted by Gasteiger charge is 2.41. The molecule has 2 fully saturated rings. The molecule has 2 amide bonds. The van der Waals surface area contributed by atoms with Crippen LogP contribution in [0, 0.1) is 0 Å². The van der Waals surface area contributed by atoms with Crippen molar-refractivity contribution in [1.29, 1.82) is 0 Å². The molecule has 0 unspecified atom stereocenters. The molecule has 7 heteroatoms. The van der Waals surface area contributed by atoms with Crippen LogP contribution in [-0.4, -0.2) is 76.7 Å². The molecular weight excluding hydrogens is 320 g/mol. The van der Waals surface area contributed by atoms with Crippen LogP contribution >= 0.6 is 0 Å². The van der Waals surface area contributed by atoms with Crippen molar-refractivity contribution in [2.45, 2.75) is 64.1 Å². The summed E-state index contributed by atoms with van der Waals surface area (Å²) in [5.74, 6) is 0.147. The standard InChI is InChI=1S/C18H30N4O3/c1-18(2,3)25-17(24)20(5)13-6-8-14(9-7-13)22-12-21-11-19(4)10-15(21)16(22)23/h10,13-14H,6-9,11-12H2,1-5H3. The minimum absolute atomic E-state index is 0.147. The van der Waals surface area contributed by atoms with Crippen LogP contribution < -0.4 is 0 Å². The summed E-state index contributed by atoms with van der Waals surface area (Å²) in [6, 6.07) is 0.460. The highest BCUT2D eigenvalue weighted by atomic mass is 16.6. The number of amides is 2. The normalized spacial score (nSPS) is 26.7. The predicted molar refractivity (Wildman–Crippen MR) is 94.3 cm³/mol. The first-order chi connectivity index (χ1) is 11.7. The minimum atomic E-state index is -0.475. The van der Waals surface area contributed by atoms with Crippen LogP contribution in [0.3, 0.4) is 0 Å². The molecule has 0 spiro atoms. The van der Waals surface area contributed by atoms with Crippen molar-refractivity contribution in [3.63, 3.8) is 0 Å². The third-order valence-electron chi connectivity index (χ3n) is 5.22. The van der Waals surface area contributed by atoms with E-state index in [1.54, 1.807) is 4.90 Å². The van der Waals surface area contributed by atoms with Crippen molar-refractivity contribution in [1.82, 2.24) is 19.6 Å². The maximum atomic E-state index is 12.6. The molecule has 3 aliphatic rings. The summed E-state index contributed by atoms with van der Waals surface area (Å²) in [4.78, 5) is 32.7. The third-order valence-corrected chi connectivity index (χ3v) is 5.22. The molecule has 0 N–H and O–H groups in total. The van der Waals surface area contributed by atoms with Gasteiger partial charge in [0.1, 0.15) is 11.3 Å². The minimum Gasteiger partial charge on any atom is -0.444 e. The average Bonchev–Trinajstić information content (AvgIpc) is 3.03. The highest BCUT2D eigenvalue weighted by molar-refractivity contribution is 5.95. The van der Waals surface area contributed by atoms with Gasteiger partial charge in [0.2, 0.25) is 0 Å². The zero-order chi connectivity index (χ0) is 18.4. The third kappa shape index (κ3) is 3.70. The van der Waals surface area contributed by atoms with Crippen LogP contribution in [0.4, 0.5) is 4.79 Å². The zero-order valence-electron chi connectivity index (χ0n) is 16.0. The van der Waals surface area contributed by atoms with Gasteiger partial charge in [-0.1, -0.05) is 0 Å². The second-order valence-electron chi connectivity index (χ2n) is 8.42. The number of carbonyl (C=O) groups excluding carboxylic acids is 2. The number of hydrogen-bond donors (Lipinski definition) is 0. The van der Waals surface area contributed by atoms with Gasteiger partial charge in [-0.15, -0.1) is 0 Å².